The van der Waals surface area contributed by atoms with Gasteiger partial charge in [-0.1, -0.05) is 40.2 Å². The van der Waals surface area contributed by atoms with Gasteiger partial charge in [0.25, 0.3) is 5.91 Å². The molecule has 0 spiro atoms. The van der Waals surface area contributed by atoms with Crippen LogP contribution in [-0.4, -0.2) is 17.5 Å². The number of carbonyl (C=O) groups excluding carboxylic acids is 1. The van der Waals surface area contributed by atoms with Crippen LogP contribution in [0.5, 0.6) is 5.75 Å². The van der Waals surface area contributed by atoms with E-state index in [9.17, 15) is 4.79 Å². The summed E-state index contributed by atoms with van der Waals surface area (Å²) in [6, 6.07) is 15.8. The smallest absolute Gasteiger partial charge is 0.264 e. The summed E-state index contributed by atoms with van der Waals surface area (Å²) in [4.78, 5) is 17.7. The summed E-state index contributed by atoms with van der Waals surface area (Å²) in [6.45, 7) is 3.91. The lowest BCUT2D eigenvalue weighted by atomic mass is 10.1. The lowest BCUT2D eigenvalue weighted by Crippen LogP contribution is -2.20. The number of amides is 1. The number of ether oxygens (including phenoxy) is 1. The van der Waals surface area contributed by atoms with Gasteiger partial charge in [0.15, 0.2) is 11.7 Å². The van der Waals surface area contributed by atoms with E-state index in [0.717, 1.165) is 27.0 Å². The van der Waals surface area contributed by atoms with Gasteiger partial charge >= 0.3 is 0 Å². The normalized spacial score (nSPS) is 10.6. The van der Waals surface area contributed by atoms with Crippen LogP contribution in [0.1, 0.15) is 21.7 Å². The van der Waals surface area contributed by atoms with Crippen molar-refractivity contribution in [3.8, 4) is 5.75 Å². The van der Waals surface area contributed by atoms with E-state index in [4.69, 9.17) is 4.74 Å². The highest BCUT2D eigenvalue weighted by atomic mass is 79.9. The third kappa shape index (κ3) is 5.16. The number of halogens is 1. The van der Waals surface area contributed by atoms with Gasteiger partial charge in [0.05, 0.1) is 5.69 Å². The van der Waals surface area contributed by atoms with E-state index in [2.05, 4.69) is 38.4 Å². The minimum Gasteiger partial charge on any atom is -0.484 e. The molecule has 1 heterocycles. The zero-order valence-electron chi connectivity index (χ0n) is 14.6. The lowest BCUT2D eigenvalue weighted by Gasteiger charge is -2.06. The van der Waals surface area contributed by atoms with E-state index in [0.29, 0.717) is 10.9 Å². The third-order valence-electron chi connectivity index (χ3n) is 3.78. The predicted molar refractivity (Wildman–Crippen MR) is 109 cm³/mol. The van der Waals surface area contributed by atoms with E-state index in [1.807, 2.05) is 50.2 Å². The monoisotopic (exact) mass is 430 g/mol. The molecule has 0 aliphatic rings. The molecule has 0 fully saturated rings. The maximum Gasteiger partial charge on any atom is 0.264 e. The molecule has 3 aromatic rings. The summed E-state index contributed by atoms with van der Waals surface area (Å²) >= 11 is 4.94. The van der Waals surface area contributed by atoms with E-state index in [1.54, 1.807) is 0 Å². The lowest BCUT2D eigenvalue weighted by molar-refractivity contribution is -0.118. The molecular weight excluding hydrogens is 412 g/mol. The summed E-state index contributed by atoms with van der Waals surface area (Å²) in [6.07, 6.45) is 0.798. The Bertz CT molecular complexity index is 906. The fourth-order valence-electron chi connectivity index (χ4n) is 2.44. The van der Waals surface area contributed by atoms with E-state index in [-0.39, 0.29) is 12.5 Å². The Morgan fingerprint density at radius 3 is 2.69 bits per heavy atom. The molecule has 0 bridgehead atoms. The minimum atomic E-state index is -0.213. The van der Waals surface area contributed by atoms with Crippen molar-refractivity contribution in [3.63, 3.8) is 0 Å². The van der Waals surface area contributed by atoms with E-state index in [1.165, 1.54) is 16.9 Å². The van der Waals surface area contributed by atoms with Crippen LogP contribution in [0.2, 0.25) is 0 Å². The largest absolute Gasteiger partial charge is 0.484 e. The van der Waals surface area contributed by atoms with Gasteiger partial charge in [-0.2, -0.15) is 0 Å². The van der Waals surface area contributed by atoms with Gasteiger partial charge in [-0.3, -0.25) is 10.1 Å². The minimum absolute atomic E-state index is 0.0376. The van der Waals surface area contributed by atoms with Crippen LogP contribution in [0.15, 0.2) is 53.0 Å². The number of aryl methyl sites for hydroxylation is 2. The Balaban J connectivity index is 1.58. The molecule has 1 amide bonds. The molecule has 0 saturated carbocycles. The standard InChI is InChI=1S/C20H19BrN2O2S/c1-13-4-3-5-17(10-13)25-12-19(24)23-20-22-14(2)18(26-20)11-15-6-8-16(21)9-7-15/h3-10H,11-12H2,1-2H3,(H,22,23,24). The maximum absolute atomic E-state index is 12.1. The molecule has 134 valence electrons. The summed E-state index contributed by atoms with van der Waals surface area (Å²) in [5, 5.41) is 3.42. The molecule has 4 nitrogen and oxygen atoms in total. The van der Waals surface area contributed by atoms with Crippen molar-refractivity contribution >= 4 is 38.3 Å². The number of anilines is 1. The van der Waals surface area contributed by atoms with Crippen molar-refractivity contribution in [2.45, 2.75) is 20.3 Å². The van der Waals surface area contributed by atoms with E-state index < -0.39 is 0 Å². The van der Waals surface area contributed by atoms with Gasteiger partial charge in [-0.25, -0.2) is 4.98 Å². The van der Waals surface area contributed by atoms with E-state index >= 15 is 0 Å². The number of benzene rings is 2. The van der Waals surface area contributed by atoms with Gasteiger partial charge in [-0.05, 0) is 49.2 Å². The highest BCUT2D eigenvalue weighted by Gasteiger charge is 2.11. The average molecular weight is 431 g/mol. The molecular formula is C20H19BrN2O2S. The summed E-state index contributed by atoms with van der Waals surface area (Å²) in [5.74, 6) is 0.474. The molecule has 26 heavy (non-hydrogen) atoms. The Kier molecular flexibility index (Phi) is 6.06. The number of nitrogens with one attached hydrogen (secondary N) is 1. The molecule has 2 aromatic carbocycles. The molecule has 0 saturated heterocycles. The molecule has 1 N–H and O–H groups in total. The maximum atomic E-state index is 12.1. The zero-order valence-corrected chi connectivity index (χ0v) is 17.0. The first-order valence-electron chi connectivity index (χ1n) is 8.19. The van der Waals surface area contributed by atoms with Crippen LogP contribution in [0.4, 0.5) is 5.13 Å². The van der Waals surface area contributed by atoms with Gasteiger partial charge in [0.2, 0.25) is 0 Å². The Morgan fingerprint density at radius 1 is 1.19 bits per heavy atom. The molecule has 0 aliphatic carbocycles. The second kappa shape index (κ2) is 8.47. The van der Waals surface area contributed by atoms with Gasteiger partial charge in [-0.15, -0.1) is 11.3 Å². The number of thiazole rings is 1. The molecule has 0 radical (unpaired) electrons. The zero-order chi connectivity index (χ0) is 18.5. The van der Waals surface area contributed by atoms with Crippen LogP contribution >= 0.6 is 27.3 Å². The summed E-state index contributed by atoms with van der Waals surface area (Å²) in [5.41, 5.74) is 3.24. The van der Waals surface area contributed by atoms with Gasteiger partial charge in [0.1, 0.15) is 5.75 Å². The van der Waals surface area contributed by atoms with Crippen LogP contribution in [0.25, 0.3) is 0 Å². The van der Waals surface area contributed by atoms with Crippen molar-refractivity contribution in [1.29, 1.82) is 0 Å². The number of rotatable bonds is 6. The topological polar surface area (TPSA) is 51.2 Å². The van der Waals surface area contributed by atoms with Crippen molar-refractivity contribution in [1.82, 2.24) is 4.98 Å². The fourth-order valence-corrected chi connectivity index (χ4v) is 3.72. The third-order valence-corrected chi connectivity index (χ3v) is 5.38. The first-order chi connectivity index (χ1) is 12.5. The second-order valence-corrected chi connectivity index (χ2v) is 7.98. The molecule has 3 rings (SSSR count). The highest BCUT2D eigenvalue weighted by molar-refractivity contribution is 9.10. The van der Waals surface area contributed by atoms with Crippen LogP contribution < -0.4 is 10.1 Å². The quantitative estimate of drug-likeness (QED) is 0.589. The molecule has 1 aromatic heterocycles. The molecule has 0 atom stereocenters. The average Bonchev–Trinajstić information content (AvgIpc) is 2.94. The van der Waals surface area contributed by atoms with Crippen molar-refractivity contribution < 1.29 is 9.53 Å². The number of hydrogen-bond donors (Lipinski definition) is 1. The predicted octanol–water partition coefficient (Wildman–Crippen LogP) is 5.13. The van der Waals surface area contributed by atoms with Gasteiger partial charge < -0.3 is 4.74 Å². The number of carbonyl (C=O) groups is 1. The first kappa shape index (κ1) is 18.6. The van der Waals surface area contributed by atoms with Crippen LogP contribution in [0, 0.1) is 13.8 Å². The van der Waals surface area contributed by atoms with Crippen molar-refractivity contribution in [2.75, 3.05) is 11.9 Å². The SMILES string of the molecule is Cc1cccc(OCC(=O)Nc2nc(C)c(Cc3ccc(Br)cc3)s2)c1. The summed E-state index contributed by atoms with van der Waals surface area (Å²) in [7, 11) is 0. The second-order valence-electron chi connectivity index (χ2n) is 5.98. The summed E-state index contributed by atoms with van der Waals surface area (Å²) < 4.78 is 6.58. The molecule has 0 unspecified atom stereocenters. The molecule has 0 aliphatic heterocycles. The van der Waals surface area contributed by atoms with Gasteiger partial charge in [0, 0.05) is 15.8 Å². The van der Waals surface area contributed by atoms with Crippen LogP contribution in [0.3, 0.4) is 0 Å². The van der Waals surface area contributed by atoms with Crippen molar-refractivity contribution in [2.24, 2.45) is 0 Å². The van der Waals surface area contributed by atoms with Crippen molar-refractivity contribution in [3.05, 3.63) is 74.7 Å². The number of aromatic nitrogens is 1. The van der Waals surface area contributed by atoms with Crippen LogP contribution in [-0.2, 0) is 11.2 Å². The highest BCUT2D eigenvalue weighted by Crippen LogP contribution is 2.25. The first-order valence-corrected chi connectivity index (χ1v) is 9.80. The number of hydrogen-bond acceptors (Lipinski definition) is 4. The number of nitrogens with zero attached hydrogens (tertiary/aromatic N) is 1. The Hall–Kier alpha value is -2.18. The Labute approximate surface area is 165 Å². The Morgan fingerprint density at radius 2 is 1.96 bits per heavy atom. The molecule has 6 heteroatoms. The fraction of sp³-hybridized carbons (Fsp3) is 0.200.